The lowest BCUT2D eigenvalue weighted by atomic mass is 10.0. The van der Waals surface area contributed by atoms with Gasteiger partial charge in [0.15, 0.2) is 5.78 Å². The normalized spacial score (nSPS) is 10.6. The summed E-state index contributed by atoms with van der Waals surface area (Å²) in [4.78, 5) is 46.7. The number of Topliss-reactive ketones (excluding diaryl/α,β-unsaturated/α-hetero) is 2. The van der Waals surface area contributed by atoms with Crippen LogP contribution in [0, 0.1) is 10.1 Å². The number of nitrogens with zero attached hydrogens (tertiary/aromatic N) is 2. The molecule has 0 N–H and O–H groups in total. The van der Waals surface area contributed by atoms with Gasteiger partial charge in [0.25, 0.3) is 5.69 Å². The summed E-state index contributed by atoms with van der Waals surface area (Å²) in [5.41, 5.74) is 1.96. The zero-order valence-electron chi connectivity index (χ0n) is 15.0. The van der Waals surface area contributed by atoms with Crippen molar-refractivity contribution in [3.8, 4) is 11.1 Å². The van der Waals surface area contributed by atoms with Crippen LogP contribution in [-0.4, -0.2) is 33.5 Å². The van der Waals surface area contributed by atoms with E-state index in [0.29, 0.717) is 16.6 Å². The van der Waals surface area contributed by atoms with Gasteiger partial charge in [0, 0.05) is 29.4 Å². The summed E-state index contributed by atoms with van der Waals surface area (Å²) in [6.07, 6.45) is 1.05. The Kier molecular flexibility index (Phi) is 5.30. The summed E-state index contributed by atoms with van der Waals surface area (Å²) in [5.74, 6) is -2.52. The Balaban J connectivity index is 2.04. The third kappa shape index (κ3) is 3.66. The maximum Gasteiger partial charge on any atom is 0.375 e. The van der Waals surface area contributed by atoms with Gasteiger partial charge in [-0.15, -0.1) is 0 Å². The van der Waals surface area contributed by atoms with Crippen LogP contribution in [0.4, 0.5) is 5.69 Å². The third-order valence-electron chi connectivity index (χ3n) is 4.16. The van der Waals surface area contributed by atoms with Crippen molar-refractivity contribution < 1.29 is 24.0 Å². The predicted octanol–water partition coefficient (Wildman–Crippen LogP) is 3.22. The van der Waals surface area contributed by atoms with E-state index < -0.39 is 28.9 Å². The molecule has 0 atom stereocenters. The van der Waals surface area contributed by atoms with Gasteiger partial charge >= 0.3 is 5.97 Å². The molecule has 0 aliphatic rings. The monoisotopic (exact) mass is 380 g/mol. The van der Waals surface area contributed by atoms with E-state index in [1.807, 2.05) is 0 Å². The topological polar surface area (TPSA) is 108 Å². The van der Waals surface area contributed by atoms with Crippen LogP contribution in [-0.2, 0) is 14.3 Å². The number of benzene rings is 1. The lowest BCUT2D eigenvalue weighted by Gasteiger charge is -2.06. The Morgan fingerprint density at radius 3 is 2.46 bits per heavy atom. The summed E-state index contributed by atoms with van der Waals surface area (Å²) >= 11 is 0. The number of pyridine rings is 1. The van der Waals surface area contributed by atoms with Crippen molar-refractivity contribution in [2.75, 3.05) is 6.61 Å². The molecule has 0 saturated heterocycles. The highest BCUT2D eigenvalue weighted by Gasteiger charge is 2.25. The van der Waals surface area contributed by atoms with E-state index >= 15 is 0 Å². The summed E-state index contributed by atoms with van der Waals surface area (Å²) < 4.78 is 6.27. The lowest BCUT2D eigenvalue weighted by Crippen LogP contribution is -2.21. The van der Waals surface area contributed by atoms with E-state index in [1.54, 1.807) is 41.8 Å². The quantitative estimate of drug-likeness (QED) is 0.155. The van der Waals surface area contributed by atoms with Gasteiger partial charge < -0.3 is 9.14 Å². The van der Waals surface area contributed by atoms with Crippen LogP contribution in [0.2, 0.25) is 0 Å². The fraction of sp³-hybridized carbons (Fsp3) is 0.150. The van der Waals surface area contributed by atoms with E-state index in [-0.39, 0.29) is 18.0 Å². The second-order valence-electron chi connectivity index (χ2n) is 5.95. The molecule has 142 valence electrons. The molecule has 0 saturated carbocycles. The highest BCUT2D eigenvalue weighted by Crippen LogP contribution is 2.30. The molecule has 28 heavy (non-hydrogen) atoms. The van der Waals surface area contributed by atoms with Crippen molar-refractivity contribution in [1.82, 2.24) is 4.40 Å². The van der Waals surface area contributed by atoms with Gasteiger partial charge in [-0.05, 0) is 42.8 Å². The lowest BCUT2D eigenvalue weighted by molar-refractivity contribution is -0.384. The first-order valence-corrected chi connectivity index (χ1v) is 8.50. The van der Waals surface area contributed by atoms with Crippen molar-refractivity contribution in [1.29, 1.82) is 0 Å². The largest absolute Gasteiger partial charge is 0.460 e. The summed E-state index contributed by atoms with van der Waals surface area (Å²) in [6.45, 7) is 1.61. The number of hydrogen-bond acceptors (Lipinski definition) is 6. The van der Waals surface area contributed by atoms with Crippen molar-refractivity contribution in [2.24, 2.45) is 0 Å². The average Bonchev–Trinajstić information content (AvgIpc) is 3.07. The number of hydrogen-bond donors (Lipinski definition) is 0. The Morgan fingerprint density at radius 1 is 1.11 bits per heavy atom. The fourth-order valence-corrected chi connectivity index (χ4v) is 2.90. The first-order valence-electron chi connectivity index (χ1n) is 8.50. The van der Waals surface area contributed by atoms with E-state index in [9.17, 15) is 24.5 Å². The molecule has 0 radical (unpaired) electrons. The van der Waals surface area contributed by atoms with Gasteiger partial charge in [-0.2, -0.15) is 0 Å². The van der Waals surface area contributed by atoms with E-state index in [0.717, 1.165) is 0 Å². The average molecular weight is 380 g/mol. The van der Waals surface area contributed by atoms with Crippen LogP contribution in [0.5, 0.6) is 0 Å². The van der Waals surface area contributed by atoms with Crippen LogP contribution in [0.15, 0.2) is 54.7 Å². The van der Waals surface area contributed by atoms with Crippen molar-refractivity contribution in [2.45, 2.75) is 13.3 Å². The predicted molar refractivity (Wildman–Crippen MR) is 100 cm³/mol. The Hall–Kier alpha value is -3.81. The first kappa shape index (κ1) is 19.0. The van der Waals surface area contributed by atoms with Crippen LogP contribution in [0.25, 0.3) is 16.6 Å². The highest BCUT2D eigenvalue weighted by atomic mass is 16.6. The summed E-state index contributed by atoms with van der Waals surface area (Å²) in [6, 6.07) is 12.8. The molecule has 1 aromatic carbocycles. The van der Waals surface area contributed by atoms with E-state index in [2.05, 4.69) is 4.74 Å². The maximum absolute atomic E-state index is 12.9. The molecule has 3 aromatic rings. The molecule has 8 nitrogen and oxygen atoms in total. The molecule has 0 bridgehead atoms. The number of nitro groups is 1. The number of aromatic nitrogens is 1. The number of fused-ring (bicyclic) bond motifs is 1. The molecule has 2 heterocycles. The van der Waals surface area contributed by atoms with Crippen LogP contribution in [0.1, 0.15) is 23.8 Å². The van der Waals surface area contributed by atoms with Gasteiger partial charge in [-0.1, -0.05) is 6.07 Å². The standard InChI is InChI=1S/C20H16N2O6/c1-2-28-20(25)18(24)12-17(23)19-16(11-15-5-3-4-10-21(15)19)13-6-8-14(9-7-13)22(26)27/h3-11H,2,12H2,1H3. The minimum Gasteiger partial charge on any atom is -0.460 e. The molecular formula is C20H16N2O6. The van der Waals surface area contributed by atoms with Crippen LogP contribution < -0.4 is 0 Å². The molecular weight excluding hydrogens is 364 g/mol. The molecule has 8 heteroatoms. The number of ketones is 2. The van der Waals surface area contributed by atoms with E-state index in [4.69, 9.17) is 0 Å². The van der Waals surface area contributed by atoms with Gasteiger partial charge in [0.05, 0.1) is 23.6 Å². The number of ether oxygens (including phenoxy) is 1. The SMILES string of the molecule is CCOC(=O)C(=O)CC(=O)c1c(-c2ccc([N+](=O)[O-])cc2)cc2ccccn12. The number of nitro benzene ring substituents is 1. The van der Waals surface area contributed by atoms with Crippen molar-refractivity contribution >= 4 is 28.7 Å². The van der Waals surface area contributed by atoms with Crippen LogP contribution >= 0.6 is 0 Å². The summed E-state index contributed by atoms with van der Waals surface area (Å²) in [5, 5.41) is 10.9. The number of non-ortho nitro benzene ring substituents is 1. The van der Waals surface area contributed by atoms with Gasteiger partial charge in [0.2, 0.25) is 5.78 Å². The zero-order chi connectivity index (χ0) is 20.3. The second kappa shape index (κ2) is 7.83. The Labute approximate surface area is 159 Å². The Morgan fingerprint density at radius 2 is 1.82 bits per heavy atom. The summed E-state index contributed by atoms with van der Waals surface area (Å²) in [7, 11) is 0. The highest BCUT2D eigenvalue weighted by molar-refractivity contribution is 6.38. The molecule has 0 fully saturated rings. The number of carbonyl (C=O) groups is 3. The molecule has 0 amide bonds. The third-order valence-corrected chi connectivity index (χ3v) is 4.16. The molecule has 0 spiro atoms. The molecule has 0 aliphatic heterocycles. The van der Waals surface area contributed by atoms with Gasteiger partial charge in [0.1, 0.15) is 0 Å². The van der Waals surface area contributed by atoms with E-state index in [1.165, 1.54) is 24.3 Å². The van der Waals surface area contributed by atoms with Gasteiger partial charge in [-0.25, -0.2) is 4.79 Å². The zero-order valence-corrected chi connectivity index (χ0v) is 15.0. The second-order valence-corrected chi connectivity index (χ2v) is 5.95. The minimum atomic E-state index is -1.05. The minimum absolute atomic E-state index is 0.0425. The molecule has 2 aromatic heterocycles. The molecule has 3 rings (SSSR count). The maximum atomic E-state index is 12.9. The van der Waals surface area contributed by atoms with Gasteiger partial charge in [-0.3, -0.25) is 19.7 Å². The molecule has 0 aliphatic carbocycles. The van der Waals surface area contributed by atoms with Crippen molar-refractivity contribution in [3.63, 3.8) is 0 Å². The number of esters is 1. The Bertz CT molecular complexity index is 1080. The first-order chi connectivity index (χ1) is 13.4. The fourth-order valence-electron chi connectivity index (χ4n) is 2.90. The van der Waals surface area contributed by atoms with Crippen LogP contribution in [0.3, 0.4) is 0 Å². The molecule has 0 unspecified atom stereocenters. The smallest absolute Gasteiger partial charge is 0.375 e. The number of carbonyl (C=O) groups excluding carboxylic acids is 3. The van der Waals surface area contributed by atoms with Crippen molar-refractivity contribution in [3.05, 3.63) is 70.5 Å². The number of rotatable bonds is 7.